The quantitative estimate of drug-likeness (QED) is 0.551. The Morgan fingerprint density at radius 3 is 2.44 bits per heavy atom. The summed E-state index contributed by atoms with van der Waals surface area (Å²) in [6, 6.07) is 8.73. The van der Waals surface area contributed by atoms with Crippen LogP contribution in [0.5, 0.6) is 0 Å². The topological polar surface area (TPSA) is 25.8 Å². The fourth-order valence-corrected chi connectivity index (χ4v) is 2.74. The van der Waals surface area contributed by atoms with Crippen LogP contribution < -0.4 is 0 Å². The first-order valence-corrected chi connectivity index (χ1v) is 6.21. The number of benzene rings is 2. The molecule has 1 aromatic heterocycles. The summed E-state index contributed by atoms with van der Waals surface area (Å²) in [6.07, 6.45) is 0. The molecule has 0 atom stereocenters. The first kappa shape index (κ1) is 11.1. The van der Waals surface area contributed by atoms with Crippen molar-refractivity contribution in [1.29, 1.82) is 0 Å². The minimum Gasteiger partial charge on any atom is -0.238 e. The van der Waals surface area contributed by atoms with Crippen molar-refractivity contribution in [3.05, 3.63) is 46.9 Å². The third-order valence-corrected chi connectivity index (χ3v) is 3.42. The molecule has 0 aliphatic rings. The van der Waals surface area contributed by atoms with Gasteiger partial charge in [0.2, 0.25) is 0 Å². The van der Waals surface area contributed by atoms with E-state index in [1.54, 1.807) is 0 Å². The van der Waals surface area contributed by atoms with Gasteiger partial charge in [-0.25, -0.2) is 9.97 Å². The molecule has 0 saturated carbocycles. The lowest BCUT2D eigenvalue weighted by molar-refractivity contribution is 1.05. The Bertz CT molecular complexity index is 773. The van der Waals surface area contributed by atoms with E-state index in [-0.39, 0.29) is 0 Å². The second-order valence-electron chi connectivity index (χ2n) is 5.00. The van der Waals surface area contributed by atoms with Crippen molar-refractivity contribution in [1.82, 2.24) is 9.97 Å². The average Bonchev–Trinajstić information content (AvgIpc) is 2.26. The van der Waals surface area contributed by atoms with Gasteiger partial charge in [-0.3, -0.25) is 0 Å². The van der Waals surface area contributed by atoms with Crippen molar-refractivity contribution in [2.75, 3.05) is 0 Å². The molecule has 90 valence electrons. The van der Waals surface area contributed by atoms with E-state index in [0.29, 0.717) is 0 Å². The van der Waals surface area contributed by atoms with Gasteiger partial charge in [0, 0.05) is 16.5 Å². The van der Waals surface area contributed by atoms with Gasteiger partial charge in [0.05, 0.1) is 5.52 Å². The van der Waals surface area contributed by atoms with E-state index in [1.807, 2.05) is 13.8 Å². The van der Waals surface area contributed by atoms with E-state index in [0.717, 1.165) is 22.4 Å². The molecule has 0 saturated heterocycles. The van der Waals surface area contributed by atoms with Crippen LogP contribution in [0.1, 0.15) is 22.6 Å². The summed E-state index contributed by atoms with van der Waals surface area (Å²) < 4.78 is 0. The zero-order chi connectivity index (χ0) is 12.9. The molecule has 18 heavy (non-hydrogen) atoms. The van der Waals surface area contributed by atoms with Gasteiger partial charge in [-0.05, 0) is 38.6 Å². The molecule has 0 radical (unpaired) electrons. The Hall–Kier alpha value is -1.96. The highest BCUT2D eigenvalue weighted by Gasteiger charge is 2.08. The molecule has 3 aromatic rings. The SMILES string of the molecule is Cc1cc(C)c2c(ccc3c(C)nc(C)nc32)c1. The molecule has 0 fully saturated rings. The normalized spacial score (nSPS) is 11.3. The van der Waals surface area contributed by atoms with Gasteiger partial charge < -0.3 is 0 Å². The molecule has 3 rings (SSSR count). The number of hydrogen-bond donors (Lipinski definition) is 0. The maximum Gasteiger partial charge on any atom is 0.126 e. The number of hydrogen-bond acceptors (Lipinski definition) is 2. The second-order valence-corrected chi connectivity index (χ2v) is 5.00. The maximum absolute atomic E-state index is 4.64. The van der Waals surface area contributed by atoms with Crippen LogP contribution in [0.4, 0.5) is 0 Å². The van der Waals surface area contributed by atoms with E-state index < -0.39 is 0 Å². The summed E-state index contributed by atoms with van der Waals surface area (Å²) in [5, 5.41) is 3.67. The van der Waals surface area contributed by atoms with Gasteiger partial charge in [-0.2, -0.15) is 0 Å². The molecule has 2 heteroatoms. The zero-order valence-corrected chi connectivity index (χ0v) is 11.2. The first-order valence-electron chi connectivity index (χ1n) is 6.21. The highest BCUT2D eigenvalue weighted by molar-refractivity contribution is 6.07. The Kier molecular flexibility index (Phi) is 2.34. The molecule has 0 bridgehead atoms. The zero-order valence-electron chi connectivity index (χ0n) is 11.2. The lowest BCUT2D eigenvalue weighted by Crippen LogP contribution is -1.95. The average molecular weight is 236 g/mol. The number of aryl methyl sites for hydroxylation is 4. The van der Waals surface area contributed by atoms with Crippen molar-refractivity contribution in [3.63, 3.8) is 0 Å². The Labute approximate surface area is 107 Å². The molecule has 0 N–H and O–H groups in total. The summed E-state index contributed by atoms with van der Waals surface area (Å²) in [5.41, 5.74) is 4.71. The van der Waals surface area contributed by atoms with Crippen molar-refractivity contribution < 1.29 is 0 Å². The van der Waals surface area contributed by atoms with Crippen LogP contribution in [-0.4, -0.2) is 9.97 Å². The van der Waals surface area contributed by atoms with Gasteiger partial charge in [0.25, 0.3) is 0 Å². The monoisotopic (exact) mass is 236 g/mol. The van der Waals surface area contributed by atoms with E-state index in [1.165, 1.54) is 21.9 Å². The Balaban J connectivity index is 2.60. The fraction of sp³-hybridized carbons (Fsp3) is 0.250. The molecule has 0 unspecified atom stereocenters. The van der Waals surface area contributed by atoms with Crippen LogP contribution in [-0.2, 0) is 0 Å². The fourth-order valence-electron chi connectivity index (χ4n) is 2.74. The van der Waals surface area contributed by atoms with Crippen molar-refractivity contribution in [2.24, 2.45) is 0 Å². The van der Waals surface area contributed by atoms with Crippen LogP contribution in [0, 0.1) is 27.7 Å². The molecule has 0 aliphatic heterocycles. The van der Waals surface area contributed by atoms with E-state index >= 15 is 0 Å². The van der Waals surface area contributed by atoms with E-state index in [9.17, 15) is 0 Å². The number of nitrogens with zero attached hydrogens (tertiary/aromatic N) is 2. The molecular formula is C16H16N2. The van der Waals surface area contributed by atoms with Gasteiger partial charge in [0.15, 0.2) is 0 Å². The van der Waals surface area contributed by atoms with Crippen LogP contribution >= 0.6 is 0 Å². The molecule has 2 nitrogen and oxygen atoms in total. The molecule has 2 aromatic carbocycles. The number of rotatable bonds is 0. The van der Waals surface area contributed by atoms with E-state index in [4.69, 9.17) is 0 Å². The lowest BCUT2D eigenvalue weighted by atomic mass is 9.99. The Morgan fingerprint density at radius 1 is 0.889 bits per heavy atom. The molecule has 0 aliphatic carbocycles. The molecule has 0 spiro atoms. The van der Waals surface area contributed by atoms with Gasteiger partial charge in [-0.1, -0.05) is 29.8 Å². The molecular weight excluding hydrogens is 220 g/mol. The van der Waals surface area contributed by atoms with Crippen LogP contribution in [0.2, 0.25) is 0 Å². The van der Waals surface area contributed by atoms with E-state index in [2.05, 4.69) is 48.1 Å². The smallest absolute Gasteiger partial charge is 0.126 e. The number of fused-ring (bicyclic) bond motifs is 3. The van der Waals surface area contributed by atoms with Crippen molar-refractivity contribution in [2.45, 2.75) is 27.7 Å². The van der Waals surface area contributed by atoms with Crippen LogP contribution in [0.25, 0.3) is 21.7 Å². The minimum absolute atomic E-state index is 0.840. The number of aromatic nitrogens is 2. The predicted octanol–water partition coefficient (Wildman–Crippen LogP) is 4.02. The molecule has 0 amide bonds. The maximum atomic E-state index is 4.64. The highest BCUT2D eigenvalue weighted by atomic mass is 14.9. The lowest BCUT2D eigenvalue weighted by Gasteiger charge is -2.09. The summed E-state index contributed by atoms with van der Waals surface area (Å²) in [4.78, 5) is 9.09. The summed E-state index contributed by atoms with van der Waals surface area (Å²) in [7, 11) is 0. The van der Waals surface area contributed by atoms with Gasteiger partial charge >= 0.3 is 0 Å². The second kappa shape index (κ2) is 3.77. The highest BCUT2D eigenvalue weighted by Crippen LogP contribution is 2.29. The third-order valence-electron chi connectivity index (χ3n) is 3.42. The van der Waals surface area contributed by atoms with Crippen molar-refractivity contribution in [3.8, 4) is 0 Å². The minimum atomic E-state index is 0.840. The summed E-state index contributed by atoms with van der Waals surface area (Å²) >= 11 is 0. The van der Waals surface area contributed by atoms with Gasteiger partial charge in [-0.15, -0.1) is 0 Å². The van der Waals surface area contributed by atoms with Crippen LogP contribution in [0.15, 0.2) is 24.3 Å². The van der Waals surface area contributed by atoms with Crippen LogP contribution in [0.3, 0.4) is 0 Å². The summed E-state index contributed by atoms with van der Waals surface area (Å²) in [5.74, 6) is 0.840. The Morgan fingerprint density at radius 2 is 1.67 bits per heavy atom. The predicted molar refractivity (Wildman–Crippen MR) is 76.0 cm³/mol. The first-order chi connectivity index (χ1) is 8.56. The molecule has 1 heterocycles. The third kappa shape index (κ3) is 1.57. The standard InChI is InChI=1S/C16H16N2/c1-9-7-10(2)15-13(8-9)5-6-14-11(3)17-12(4)18-16(14)15/h5-8H,1-4H3. The largest absolute Gasteiger partial charge is 0.238 e. The van der Waals surface area contributed by atoms with Gasteiger partial charge in [0.1, 0.15) is 5.82 Å². The summed E-state index contributed by atoms with van der Waals surface area (Å²) in [6.45, 7) is 8.29. The van der Waals surface area contributed by atoms with Crippen molar-refractivity contribution >= 4 is 21.7 Å².